The second-order valence-corrected chi connectivity index (χ2v) is 7.21. The summed E-state index contributed by atoms with van der Waals surface area (Å²) in [4.78, 5) is 0. The van der Waals surface area contributed by atoms with E-state index in [-0.39, 0.29) is 6.79 Å². The third kappa shape index (κ3) is 4.48. The largest absolute Gasteiger partial charge is 0.488 e. The Bertz CT molecular complexity index is 1140. The van der Waals surface area contributed by atoms with Gasteiger partial charge >= 0.3 is 0 Å². The van der Waals surface area contributed by atoms with Crippen molar-refractivity contribution in [1.82, 2.24) is 0 Å². The van der Waals surface area contributed by atoms with Gasteiger partial charge in [-0.2, -0.15) is 5.26 Å². The van der Waals surface area contributed by atoms with Crippen LogP contribution in [-0.4, -0.2) is 6.79 Å². The first-order valence-corrected chi connectivity index (χ1v) is 9.56. The van der Waals surface area contributed by atoms with Crippen molar-refractivity contribution in [2.24, 2.45) is 0 Å². The molecule has 1 aliphatic rings. The summed E-state index contributed by atoms with van der Waals surface area (Å²) in [5.41, 5.74) is 2.82. The molecule has 0 saturated heterocycles. The second kappa shape index (κ2) is 8.48. The van der Waals surface area contributed by atoms with Gasteiger partial charge in [0.05, 0.1) is 11.6 Å². The average Bonchev–Trinajstić information content (AvgIpc) is 3.19. The van der Waals surface area contributed by atoms with Gasteiger partial charge in [-0.3, -0.25) is 0 Å². The van der Waals surface area contributed by atoms with E-state index in [0.29, 0.717) is 45.0 Å². The van der Waals surface area contributed by atoms with Gasteiger partial charge in [0.2, 0.25) is 6.79 Å². The lowest BCUT2D eigenvalue weighted by molar-refractivity contribution is 0.174. The number of ether oxygens (including phenoxy) is 3. The van der Waals surface area contributed by atoms with E-state index in [1.54, 1.807) is 36.4 Å². The molecule has 0 atom stereocenters. The number of fused-ring (bicyclic) bond motifs is 1. The van der Waals surface area contributed by atoms with E-state index < -0.39 is 0 Å². The molecule has 29 heavy (non-hydrogen) atoms. The van der Waals surface area contributed by atoms with Crippen LogP contribution in [0.4, 0.5) is 0 Å². The fourth-order valence-corrected chi connectivity index (χ4v) is 3.34. The average molecular weight is 424 g/mol. The molecule has 3 aromatic carbocycles. The zero-order valence-corrected chi connectivity index (χ0v) is 16.7. The minimum absolute atomic E-state index is 0.181. The smallest absolute Gasteiger partial charge is 0.231 e. The Morgan fingerprint density at radius 3 is 2.66 bits per heavy atom. The Hall–Kier alpha value is -3.13. The number of nitriles is 1. The summed E-state index contributed by atoms with van der Waals surface area (Å²) in [5.74, 6) is 1.90. The van der Waals surface area contributed by atoms with Crippen LogP contribution in [0.15, 0.2) is 60.7 Å². The van der Waals surface area contributed by atoms with Crippen molar-refractivity contribution in [2.75, 3.05) is 6.79 Å². The molecule has 0 bridgehead atoms. The van der Waals surface area contributed by atoms with Crippen LogP contribution >= 0.6 is 23.2 Å². The van der Waals surface area contributed by atoms with Crippen LogP contribution in [0, 0.1) is 11.3 Å². The van der Waals surface area contributed by atoms with E-state index in [2.05, 4.69) is 6.07 Å². The van der Waals surface area contributed by atoms with Gasteiger partial charge in [-0.25, -0.2) is 0 Å². The number of nitrogens with zero attached hydrogens (tertiary/aromatic N) is 1. The lowest BCUT2D eigenvalue weighted by atomic mass is 10.0. The summed E-state index contributed by atoms with van der Waals surface area (Å²) in [5, 5.41) is 10.9. The number of hydrogen-bond donors (Lipinski definition) is 0. The van der Waals surface area contributed by atoms with Crippen LogP contribution in [0.3, 0.4) is 0 Å². The fourth-order valence-electron chi connectivity index (χ4n) is 2.95. The summed E-state index contributed by atoms with van der Waals surface area (Å²) in [6, 6.07) is 20.4. The summed E-state index contributed by atoms with van der Waals surface area (Å²) in [6.45, 7) is 0.523. The van der Waals surface area contributed by atoms with Crippen LogP contribution in [0.1, 0.15) is 16.7 Å². The van der Waals surface area contributed by atoms with Gasteiger partial charge in [0.25, 0.3) is 0 Å². The highest BCUT2D eigenvalue weighted by Gasteiger charge is 2.15. The van der Waals surface area contributed by atoms with E-state index in [4.69, 9.17) is 37.4 Å². The van der Waals surface area contributed by atoms with Crippen molar-refractivity contribution >= 4 is 34.9 Å². The molecule has 0 unspecified atom stereocenters. The lowest BCUT2D eigenvalue weighted by Gasteiger charge is -2.11. The van der Waals surface area contributed by atoms with E-state index in [1.165, 1.54) is 0 Å². The Kier molecular flexibility index (Phi) is 5.62. The van der Waals surface area contributed by atoms with Crippen LogP contribution in [0.5, 0.6) is 17.2 Å². The van der Waals surface area contributed by atoms with Gasteiger partial charge in [0.1, 0.15) is 12.4 Å². The predicted octanol–water partition coefficient (Wildman–Crippen LogP) is 6.37. The maximum atomic E-state index is 9.71. The van der Waals surface area contributed by atoms with E-state index in [0.717, 1.165) is 11.1 Å². The van der Waals surface area contributed by atoms with Crippen molar-refractivity contribution in [3.05, 3.63) is 87.4 Å². The fraction of sp³-hybridized carbons (Fsp3) is 0.0870. The first-order chi connectivity index (χ1) is 14.1. The topological polar surface area (TPSA) is 51.5 Å². The molecule has 0 radical (unpaired) electrons. The highest BCUT2D eigenvalue weighted by Crippen LogP contribution is 2.35. The van der Waals surface area contributed by atoms with Gasteiger partial charge in [-0.05, 0) is 65.7 Å². The van der Waals surface area contributed by atoms with Crippen molar-refractivity contribution in [3.8, 4) is 23.3 Å². The molecule has 144 valence electrons. The highest BCUT2D eigenvalue weighted by atomic mass is 35.5. The molecule has 4 nitrogen and oxygen atoms in total. The van der Waals surface area contributed by atoms with Gasteiger partial charge in [0, 0.05) is 15.6 Å². The third-order valence-electron chi connectivity index (χ3n) is 4.36. The van der Waals surface area contributed by atoms with E-state index >= 15 is 0 Å². The minimum atomic E-state index is 0.181. The molecule has 0 N–H and O–H groups in total. The van der Waals surface area contributed by atoms with Crippen molar-refractivity contribution in [1.29, 1.82) is 5.26 Å². The molecule has 1 aliphatic heterocycles. The van der Waals surface area contributed by atoms with Gasteiger partial charge < -0.3 is 14.2 Å². The molecular formula is C23H15Cl2NO3. The number of rotatable bonds is 5. The van der Waals surface area contributed by atoms with Crippen LogP contribution < -0.4 is 14.2 Å². The summed E-state index contributed by atoms with van der Waals surface area (Å²) >= 11 is 12.2. The summed E-state index contributed by atoms with van der Waals surface area (Å²) in [7, 11) is 0. The minimum Gasteiger partial charge on any atom is -0.488 e. The van der Waals surface area contributed by atoms with Gasteiger partial charge in [-0.15, -0.1) is 0 Å². The quantitative estimate of drug-likeness (QED) is 0.353. The van der Waals surface area contributed by atoms with Crippen molar-refractivity contribution in [3.63, 3.8) is 0 Å². The SMILES string of the molecule is N#C/C(=C/c1cc(Cl)ccc1OCc1cccc(Cl)c1)c1ccc2c(c1)OCO2. The Morgan fingerprint density at radius 1 is 1.00 bits per heavy atom. The second-order valence-electron chi connectivity index (χ2n) is 6.34. The van der Waals surface area contributed by atoms with Crippen molar-refractivity contribution in [2.45, 2.75) is 6.61 Å². The third-order valence-corrected chi connectivity index (χ3v) is 4.83. The molecule has 0 aliphatic carbocycles. The standard InChI is InChI=1S/C23H15Cl2NO3/c24-19-3-1-2-15(8-19)13-27-21-7-5-20(25)10-17(21)9-18(12-26)16-4-6-22-23(11-16)29-14-28-22/h1-11H,13-14H2/b18-9-. The van der Waals surface area contributed by atoms with E-state index in [9.17, 15) is 5.26 Å². The molecule has 0 aromatic heterocycles. The van der Waals surface area contributed by atoms with Crippen LogP contribution in [0.2, 0.25) is 10.0 Å². The van der Waals surface area contributed by atoms with Gasteiger partial charge in [0.15, 0.2) is 11.5 Å². The van der Waals surface area contributed by atoms with Crippen LogP contribution in [0.25, 0.3) is 11.6 Å². The maximum Gasteiger partial charge on any atom is 0.231 e. The zero-order chi connectivity index (χ0) is 20.2. The molecule has 4 rings (SSSR count). The first kappa shape index (κ1) is 19.2. The van der Waals surface area contributed by atoms with Gasteiger partial charge in [-0.1, -0.05) is 35.3 Å². The lowest BCUT2D eigenvalue weighted by Crippen LogP contribution is -1.97. The number of hydrogen-bond acceptors (Lipinski definition) is 4. The molecule has 0 fully saturated rings. The summed E-state index contributed by atoms with van der Waals surface area (Å²) < 4.78 is 16.7. The first-order valence-electron chi connectivity index (χ1n) is 8.81. The molecular weight excluding hydrogens is 409 g/mol. The van der Waals surface area contributed by atoms with Crippen molar-refractivity contribution < 1.29 is 14.2 Å². The van der Waals surface area contributed by atoms with E-state index in [1.807, 2.05) is 30.3 Å². The molecule has 0 spiro atoms. The Labute approximate surface area is 178 Å². The molecule has 1 heterocycles. The molecule has 0 saturated carbocycles. The van der Waals surface area contributed by atoms with Crippen LogP contribution in [-0.2, 0) is 6.61 Å². The monoisotopic (exact) mass is 423 g/mol. The zero-order valence-electron chi connectivity index (χ0n) is 15.2. The Morgan fingerprint density at radius 2 is 1.83 bits per heavy atom. The highest BCUT2D eigenvalue weighted by molar-refractivity contribution is 6.31. The molecule has 0 amide bonds. The number of allylic oxidation sites excluding steroid dienone is 1. The normalized spacial score (nSPS) is 12.5. The number of halogens is 2. The molecule has 6 heteroatoms. The molecule has 3 aromatic rings. The maximum absolute atomic E-state index is 9.71. The summed E-state index contributed by atoms with van der Waals surface area (Å²) in [6.07, 6.45) is 1.75. The number of benzene rings is 3. The predicted molar refractivity (Wildman–Crippen MR) is 113 cm³/mol. The Balaban J connectivity index is 1.64.